The van der Waals surface area contributed by atoms with Gasteiger partial charge in [-0.2, -0.15) is 4.37 Å². The van der Waals surface area contributed by atoms with Crippen LogP contribution in [0.4, 0.5) is 5.13 Å². The predicted molar refractivity (Wildman–Crippen MR) is 88.1 cm³/mol. The van der Waals surface area contributed by atoms with E-state index < -0.39 is 6.04 Å². The molecule has 2 heterocycles. The van der Waals surface area contributed by atoms with Crippen LogP contribution in [-0.4, -0.2) is 52.4 Å². The van der Waals surface area contributed by atoms with Gasteiger partial charge in [-0.1, -0.05) is 13.8 Å². The number of hydrogen-bond donors (Lipinski definition) is 1. The number of nitrogens with two attached hydrogens (primary N) is 1. The molecule has 1 fully saturated rings. The van der Waals surface area contributed by atoms with Crippen molar-refractivity contribution in [2.24, 2.45) is 11.7 Å². The van der Waals surface area contributed by atoms with Crippen molar-refractivity contribution < 1.29 is 4.79 Å². The summed E-state index contributed by atoms with van der Waals surface area (Å²) >= 11 is 1.42. The standard InChI is InChI=1S/C13H23N5OS.ClH/c1-9(2)11(14)12(19)17-5-4-6-18(8-7-17)13-15-10(3)16-20-13;/h9,11H,4-8,14H2,1-3H3;1H/t11-;/m0./s1. The van der Waals surface area contributed by atoms with Crippen LogP contribution in [0.3, 0.4) is 0 Å². The summed E-state index contributed by atoms with van der Waals surface area (Å²) in [5.74, 6) is 1.05. The topological polar surface area (TPSA) is 75.4 Å². The van der Waals surface area contributed by atoms with Crippen molar-refractivity contribution >= 4 is 35.0 Å². The highest BCUT2D eigenvalue weighted by Gasteiger charge is 2.26. The van der Waals surface area contributed by atoms with Crippen LogP contribution in [0, 0.1) is 12.8 Å². The Hall–Kier alpha value is -0.920. The van der Waals surface area contributed by atoms with E-state index in [0.717, 1.165) is 37.0 Å². The lowest BCUT2D eigenvalue weighted by Gasteiger charge is -2.26. The van der Waals surface area contributed by atoms with E-state index in [0.29, 0.717) is 6.54 Å². The van der Waals surface area contributed by atoms with E-state index in [4.69, 9.17) is 5.73 Å². The molecule has 120 valence electrons. The maximum atomic E-state index is 12.3. The van der Waals surface area contributed by atoms with Crippen LogP contribution in [0.1, 0.15) is 26.1 Å². The first-order valence-corrected chi connectivity index (χ1v) is 7.86. The molecule has 1 aromatic rings. The Morgan fingerprint density at radius 1 is 1.29 bits per heavy atom. The van der Waals surface area contributed by atoms with Crippen molar-refractivity contribution in [3.05, 3.63) is 5.82 Å². The van der Waals surface area contributed by atoms with Crippen molar-refractivity contribution in [3.63, 3.8) is 0 Å². The minimum absolute atomic E-state index is 0. The molecule has 0 unspecified atom stereocenters. The highest BCUT2D eigenvalue weighted by Crippen LogP contribution is 2.19. The van der Waals surface area contributed by atoms with Crippen molar-refractivity contribution in [1.82, 2.24) is 14.3 Å². The predicted octanol–water partition coefficient (Wildman–Crippen LogP) is 1.29. The molecule has 0 aliphatic carbocycles. The number of aryl methyl sites for hydroxylation is 1. The van der Waals surface area contributed by atoms with Gasteiger partial charge in [0.15, 0.2) is 0 Å². The summed E-state index contributed by atoms with van der Waals surface area (Å²) in [6.45, 7) is 9.05. The minimum atomic E-state index is -0.398. The third kappa shape index (κ3) is 4.52. The van der Waals surface area contributed by atoms with Gasteiger partial charge in [-0.05, 0) is 19.3 Å². The van der Waals surface area contributed by atoms with E-state index in [-0.39, 0.29) is 24.2 Å². The van der Waals surface area contributed by atoms with E-state index in [1.54, 1.807) is 0 Å². The lowest BCUT2D eigenvalue weighted by atomic mass is 10.0. The first-order valence-electron chi connectivity index (χ1n) is 7.08. The lowest BCUT2D eigenvalue weighted by Crippen LogP contribution is -2.47. The van der Waals surface area contributed by atoms with E-state index >= 15 is 0 Å². The van der Waals surface area contributed by atoms with Gasteiger partial charge in [-0.15, -0.1) is 12.4 Å². The maximum Gasteiger partial charge on any atom is 0.239 e. The number of aromatic nitrogens is 2. The third-order valence-corrected chi connectivity index (χ3v) is 4.47. The molecule has 2 rings (SSSR count). The van der Waals surface area contributed by atoms with Gasteiger partial charge in [-0.3, -0.25) is 4.79 Å². The third-order valence-electron chi connectivity index (χ3n) is 3.60. The van der Waals surface area contributed by atoms with Gasteiger partial charge in [0.05, 0.1) is 6.04 Å². The summed E-state index contributed by atoms with van der Waals surface area (Å²) < 4.78 is 4.22. The van der Waals surface area contributed by atoms with Gasteiger partial charge in [-0.25, -0.2) is 4.98 Å². The van der Waals surface area contributed by atoms with Gasteiger partial charge >= 0.3 is 0 Å². The summed E-state index contributed by atoms with van der Waals surface area (Å²) in [6.07, 6.45) is 0.940. The molecule has 1 amide bonds. The molecule has 0 radical (unpaired) electrons. The molecule has 0 saturated carbocycles. The Bertz CT molecular complexity index is 467. The average Bonchev–Trinajstić information content (AvgIpc) is 2.71. The Labute approximate surface area is 136 Å². The smallest absolute Gasteiger partial charge is 0.239 e. The van der Waals surface area contributed by atoms with Gasteiger partial charge in [0.2, 0.25) is 11.0 Å². The second-order valence-electron chi connectivity index (χ2n) is 5.56. The summed E-state index contributed by atoms with van der Waals surface area (Å²) in [5.41, 5.74) is 5.97. The maximum absolute atomic E-state index is 12.3. The fraction of sp³-hybridized carbons (Fsp3) is 0.769. The zero-order valence-corrected chi connectivity index (χ0v) is 14.4. The molecule has 1 atom stereocenters. The summed E-state index contributed by atoms with van der Waals surface area (Å²) in [6, 6.07) is -0.398. The fourth-order valence-electron chi connectivity index (χ4n) is 2.24. The largest absolute Gasteiger partial charge is 0.345 e. The van der Waals surface area contributed by atoms with Crippen molar-refractivity contribution in [2.45, 2.75) is 33.2 Å². The number of halogens is 1. The number of carbonyl (C=O) groups is 1. The normalized spacial score (nSPS) is 17.4. The molecule has 0 bridgehead atoms. The van der Waals surface area contributed by atoms with E-state index in [1.165, 1.54) is 11.5 Å². The Balaban J connectivity index is 0.00000220. The monoisotopic (exact) mass is 333 g/mol. The second kappa shape index (κ2) is 7.91. The molecule has 0 aromatic carbocycles. The lowest BCUT2D eigenvalue weighted by molar-refractivity contribution is -0.133. The molecular formula is C13H24ClN5OS. The zero-order valence-electron chi connectivity index (χ0n) is 12.8. The van der Waals surface area contributed by atoms with Crippen LogP contribution in [0.2, 0.25) is 0 Å². The highest BCUT2D eigenvalue weighted by molar-refractivity contribution is 7.09. The minimum Gasteiger partial charge on any atom is -0.345 e. The zero-order chi connectivity index (χ0) is 14.7. The van der Waals surface area contributed by atoms with Crippen LogP contribution in [-0.2, 0) is 4.79 Å². The SMILES string of the molecule is Cc1nsc(N2CCCN(C(=O)[C@@H](N)C(C)C)CC2)n1.Cl. The number of rotatable bonds is 3. The molecule has 1 aromatic heterocycles. The Morgan fingerprint density at radius 3 is 2.57 bits per heavy atom. The fourth-order valence-corrected chi connectivity index (χ4v) is 2.97. The summed E-state index contributed by atoms with van der Waals surface area (Å²) in [4.78, 5) is 20.8. The van der Waals surface area contributed by atoms with E-state index in [9.17, 15) is 4.79 Å². The molecule has 1 saturated heterocycles. The summed E-state index contributed by atoms with van der Waals surface area (Å²) in [7, 11) is 0. The molecule has 6 nitrogen and oxygen atoms in total. The van der Waals surface area contributed by atoms with Crippen LogP contribution in [0.5, 0.6) is 0 Å². The van der Waals surface area contributed by atoms with Crippen molar-refractivity contribution in [1.29, 1.82) is 0 Å². The van der Waals surface area contributed by atoms with Gasteiger partial charge in [0.1, 0.15) is 5.82 Å². The molecule has 2 N–H and O–H groups in total. The molecule has 21 heavy (non-hydrogen) atoms. The van der Waals surface area contributed by atoms with Gasteiger partial charge < -0.3 is 15.5 Å². The van der Waals surface area contributed by atoms with Gasteiger partial charge in [0.25, 0.3) is 0 Å². The van der Waals surface area contributed by atoms with Crippen LogP contribution in [0.15, 0.2) is 0 Å². The quantitative estimate of drug-likeness (QED) is 0.902. The molecule has 8 heteroatoms. The highest BCUT2D eigenvalue weighted by atomic mass is 35.5. The Kier molecular flexibility index (Phi) is 6.83. The van der Waals surface area contributed by atoms with Crippen LogP contribution in [0.25, 0.3) is 0 Å². The Morgan fingerprint density at radius 2 is 2.00 bits per heavy atom. The first-order chi connectivity index (χ1) is 9.49. The summed E-state index contributed by atoms with van der Waals surface area (Å²) in [5, 5.41) is 0.949. The molecular weight excluding hydrogens is 310 g/mol. The second-order valence-corrected chi connectivity index (χ2v) is 6.29. The molecule has 1 aliphatic heterocycles. The van der Waals surface area contributed by atoms with Crippen LogP contribution < -0.4 is 10.6 Å². The van der Waals surface area contributed by atoms with E-state index in [1.807, 2.05) is 25.7 Å². The number of anilines is 1. The van der Waals surface area contributed by atoms with Crippen molar-refractivity contribution in [2.75, 3.05) is 31.1 Å². The van der Waals surface area contributed by atoms with Gasteiger partial charge in [0, 0.05) is 37.7 Å². The first kappa shape index (κ1) is 18.1. The number of carbonyl (C=O) groups excluding carboxylic acids is 1. The van der Waals surface area contributed by atoms with Crippen molar-refractivity contribution in [3.8, 4) is 0 Å². The number of hydrogen-bond acceptors (Lipinski definition) is 6. The van der Waals surface area contributed by atoms with Crippen LogP contribution >= 0.6 is 23.9 Å². The molecule has 1 aliphatic rings. The average molecular weight is 334 g/mol. The number of nitrogens with zero attached hydrogens (tertiary/aromatic N) is 4. The number of amides is 1. The molecule has 0 spiro atoms. The van der Waals surface area contributed by atoms with E-state index in [2.05, 4.69) is 14.3 Å².